The van der Waals surface area contributed by atoms with Crippen molar-refractivity contribution in [3.8, 4) is 23.0 Å². The van der Waals surface area contributed by atoms with Gasteiger partial charge in [-0.3, -0.25) is 4.31 Å². The first kappa shape index (κ1) is 20.2. The molecule has 0 radical (unpaired) electrons. The van der Waals surface area contributed by atoms with Crippen LogP contribution in [0.15, 0.2) is 65.6 Å². The fourth-order valence-electron chi connectivity index (χ4n) is 3.79. The van der Waals surface area contributed by atoms with Crippen molar-refractivity contribution in [3.63, 3.8) is 0 Å². The van der Waals surface area contributed by atoms with Gasteiger partial charge in [0.15, 0.2) is 11.5 Å². The van der Waals surface area contributed by atoms with Crippen LogP contribution in [-0.2, 0) is 16.4 Å². The average Bonchev–Trinajstić information content (AvgIpc) is 3.45. The summed E-state index contributed by atoms with van der Waals surface area (Å²) in [5.74, 6) is 0.715. The second-order valence-electron chi connectivity index (χ2n) is 7.22. The molecule has 0 saturated heterocycles. The summed E-state index contributed by atoms with van der Waals surface area (Å²) in [6.45, 7) is 0.435. The zero-order valence-electron chi connectivity index (χ0n) is 17.1. The van der Waals surface area contributed by atoms with Crippen molar-refractivity contribution in [2.75, 3.05) is 24.8 Å². The number of carbonyl (C=O) groups is 1. The molecule has 0 saturated carbocycles. The van der Waals surface area contributed by atoms with Gasteiger partial charge < -0.3 is 18.9 Å². The number of hydrogen-bond acceptors (Lipinski definition) is 7. The van der Waals surface area contributed by atoms with Crippen LogP contribution in [0.4, 0.5) is 5.69 Å². The van der Waals surface area contributed by atoms with E-state index in [0.717, 1.165) is 5.56 Å². The lowest BCUT2D eigenvalue weighted by atomic mass is 10.2. The number of carbonyl (C=O) groups excluding carboxylic acids is 1. The largest absolute Gasteiger partial charge is 0.496 e. The molecule has 0 unspecified atom stereocenters. The van der Waals surface area contributed by atoms with Crippen LogP contribution in [0.1, 0.15) is 15.9 Å². The summed E-state index contributed by atoms with van der Waals surface area (Å²) >= 11 is 0. The minimum Gasteiger partial charge on any atom is -0.496 e. The van der Waals surface area contributed by atoms with E-state index in [0.29, 0.717) is 30.2 Å². The van der Waals surface area contributed by atoms with Gasteiger partial charge in [0.25, 0.3) is 10.0 Å². The van der Waals surface area contributed by atoms with Crippen molar-refractivity contribution in [2.24, 2.45) is 0 Å². The molecular weight excluding hydrogens is 434 g/mol. The van der Waals surface area contributed by atoms with E-state index in [1.807, 2.05) is 12.1 Å². The summed E-state index contributed by atoms with van der Waals surface area (Å²) in [5, 5.41) is 0. The molecule has 3 aromatic carbocycles. The Morgan fingerprint density at radius 2 is 1.81 bits per heavy atom. The minimum atomic E-state index is -3.88. The SMILES string of the molecule is COc1ccc(S(=O)(=O)N2CCc3ccccc32)cc1C(=O)Oc1ccc2c(c1)OCO2. The molecule has 0 atom stereocenters. The average molecular weight is 453 g/mol. The number of anilines is 1. The van der Waals surface area contributed by atoms with E-state index >= 15 is 0 Å². The molecule has 0 fully saturated rings. The molecule has 8 nitrogen and oxygen atoms in total. The summed E-state index contributed by atoms with van der Waals surface area (Å²) < 4.78 is 49.4. The van der Waals surface area contributed by atoms with Gasteiger partial charge >= 0.3 is 5.97 Å². The van der Waals surface area contributed by atoms with Gasteiger partial charge in [-0.1, -0.05) is 18.2 Å². The molecule has 2 heterocycles. The Labute approximate surface area is 184 Å². The molecule has 5 rings (SSSR count). The number of esters is 1. The fourth-order valence-corrected chi connectivity index (χ4v) is 5.32. The summed E-state index contributed by atoms with van der Waals surface area (Å²) in [5.41, 5.74) is 1.61. The second-order valence-corrected chi connectivity index (χ2v) is 9.08. The maximum Gasteiger partial charge on any atom is 0.347 e. The number of nitrogens with zero attached hydrogens (tertiary/aromatic N) is 1. The summed E-state index contributed by atoms with van der Waals surface area (Å²) in [6.07, 6.45) is 0.630. The lowest BCUT2D eigenvalue weighted by Gasteiger charge is -2.20. The third-order valence-corrected chi connectivity index (χ3v) is 7.19. The van der Waals surface area contributed by atoms with Crippen LogP contribution >= 0.6 is 0 Å². The lowest BCUT2D eigenvalue weighted by Crippen LogP contribution is -2.29. The number of rotatable bonds is 5. The molecule has 0 spiro atoms. The normalized spacial score (nSPS) is 14.2. The highest BCUT2D eigenvalue weighted by Crippen LogP contribution is 2.36. The predicted octanol–water partition coefficient (Wildman–Crippen LogP) is 3.39. The molecule has 0 N–H and O–H groups in total. The van der Waals surface area contributed by atoms with Gasteiger partial charge in [0.05, 0.1) is 17.7 Å². The van der Waals surface area contributed by atoms with Crippen molar-refractivity contribution < 1.29 is 32.2 Å². The summed E-state index contributed by atoms with van der Waals surface area (Å²) in [7, 11) is -2.48. The maximum atomic E-state index is 13.4. The van der Waals surface area contributed by atoms with Crippen molar-refractivity contribution >= 4 is 21.7 Å². The van der Waals surface area contributed by atoms with Gasteiger partial charge in [0.2, 0.25) is 6.79 Å². The molecule has 164 valence electrons. The Morgan fingerprint density at radius 1 is 1.00 bits per heavy atom. The highest BCUT2D eigenvalue weighted by molar-refractivity contribution is 7.92. The lowest BCUT2D eigenvalue weighted by molar-refractivity contribution is 0.0730. The van der Waals surface area contributed by atoms with Gasteiger partial charge in [-0.25, -0.2) is 13.2 Å². The molecule has 0 aromatic heterocycles. The molecule has 2 aliphatic heterocycles. The molecule has 2 aliphatic rings. The van der Waals surface area contributed by atoms with Crippen LogP contribution in [0.5, 0.6) is 23.0 Å². The maximum absolute atomic E-state index is 13.4. The molecule has 32 heavy (non-hydrogen) atoms. The van der Waals surface area contributed by atoms with Gasteiger partial charge in [-0.05, 0) is 48.4 Å². The van der Waals surface area contributed by atoms with Gasteiger partial charge in [-0.15, -0.1) is 0 Å². The van der Waals surface area contributed by atoms with E-state index < -0.39 is 16.0 Å². The van der Waals surface area contributed by atoms with Gasteiger partial charge in [0, 0.05) is 12.6 Å². The Morgan fingerprint density at radius 3 is 2.66 bits per heavy atom. The van der Waals surface area contributed by atoms with Crippen molar-refractivity contribution in [1.29, 1.82) is 0 Å². The van der Waals surface area contributed by atoms with Crippen LogP contribution in [-0.4, -0.2) is 34.8 Å². The number of fused-ring (bicyclic) bond motifs is 2. The van der Waals surface area contributed by atoms with Crippen LogP contribution in [0.25, 0.3) is 0 Å². The molecule has 9 heteroatoms. The van der Waals surface area contributed by atoms with Crippen LogP contribution < -0.4 is 23.3 Å². The van der Waals surface area contributed by atoms with E-state index in [9.17, 15) is 13.2 Å². The number of sulfonamides is 1. The topological polar surface area (TPSA) is 91.4 Å². The van der Waals surface area contributed by atoms with Crippen molar-refractivity contribution in [3.05, 3.63) is 71.8 Å². The van der Waals surface area contributed by atoms with Gasteiger partial charge in [0.1, 0.15) is 17.1 Å². The zero-order valence-corrected chi connectivity index (χ0v) is 17.9. The third kappa shape index (κ3) is 3.40. The Kier molecular flexibility index (Phi) is 4.90. The molecule has 0 bridgehead atoms. The number of hydrogen-bond donors (Lipinski definition) is 0. The number of para-hydroxylation sites is 1. The monoisotopic (exact) mass is 453 g/mol. The molecule has 3 aromatic rings. The third-order valence-electron chi connectivity index (χ3n) is 5.38. The fraction of sp³-hybridized carbons (Fsp3) is 0.174. The highest BCUT2D eigenvalue weighted by Gasteiger charge is 2.32. The van der Waals surface area contributed by atoms with E-state index in [4.69, 9.17) is 18.9 Å². The van der Waals surface area contributed by atoms with E-state index in [-0.39, 0.29) is 28.8 Å². The predicted molar refractivity (Wildman–Crippen MR) is 115 cm³/mol. The molecule has 0 amide bonds. The van der Waals surface area contributed by atoms with E-state index in [2.05, 4.69) is 0 Å². The molecule has 0 aliphatic carbocycles. The number of methoxy groups -OCH3 is 1. The number of benzene rings is 3. The smallest absolute Gasteiger partial charge is 0.347 e. The Balaban J connectivity index is 1.47. The van der Waals surface area contributed by atoms with E-state index in [1.165, 1.54) is 35.7 Å². The standard InChI is InChI=1S/C23H19NO7S/c1-28-20-9-7-17(32(26,27)24-11-10-15-4-2-3-5-19(15)24)13-18(20)23(25)31-16-6-8-21-22(12-16)30-14-29-21/h2-9,12-13H,10-11,14H2,1H3. The summed E-state index contributed by atoms with van der Waals surface area (Å²) in [4.78, 5) is 12.9. The zero-order chi connectivity index (χ0) is 22.3. The quantitative estimate of drug-likeness (QED) is 0.432. The van der Waals surface area contributed by atoms with Gasteiger partial charge in [-0.2, -0.15) is 0 Å². The molecular formula is C23H19NO7S. The first-order valence-corrected chi connectivity index (χ1v) is 11.3. The van der Waals surface area contributed by atoms with Crippen molar-refractivity contribution in [1.82, 2.24) is 0 Å². The first-order valence-electron chi connectivity index (χ1n) is 9.88. The Bertz CT molecular complexity index is 1320. The number of ether oxygens (including phenoxy) is 4. The second kappa shape index (κ2) is 7.76. The minimum absolute atomic E-state index is 0.00118. The van der Waals surface area contributed by atoms with Crippen molar-refractivity contribution in [2.45, 2.75) is 11.3 Å². The van der Waals surface area contributed by atoms with Crippen LogP contribution in [0.2, 0.25) is 0 Å². The first-order chi connectivity index (χ1) is 15.5. The van der Waals surface area contributed by atoms with E-state index in [1.54, 1.807) is 24.3 Å². The summed E-state index contributed by atoms with van der Waals surface area (Å²) in [6, 6.07) is 16.3. The Hall–Kier alpha value is -3.72. The van der Waals surface area contributed by atoms with Crippen LogP contribution in [0, 0.1) is 0 Å². The highest BCUT2D eigenvalue weighted by atomic mass is 32.2. The van der Waals surface area contributed by atoms with Crippen LogP contribution in [0.3, 0.4) is 0 Å².